The molecule has 0 aliphatic heterocycles. The molecule has 0 saturated carbocycles. The van der Waals surface area contributed by atoms with Crippen molar-refractivity contribution in [2.75, 3.05) is 0 Å². The molecule has 1 heteroatoms. The van der Waals surface area contributed by atoms with Crippen molar-refractivity contribution in [1.82, 2.24) is 0 Å². The van der Waals surface area contributed by atoms with Crippen LogP contribution in [-0.2, 0) is 0 Å². The van der Waals surface area contributed by atoms with Gasteiger partial charge in [0.25, 0.3) is 0 Å². The lowest BCUT2D eigenvalue weighted by molar-refractivity contribution is 0.993. The Labute approximate surface area is 80.3 Å². The van der Waals surface area contributed by atoms with Crippen molar-refractivity contribution in [2.45, 2.75) is 33.6 Å². The van der Waals surface area contributed by atoms with E-state index in [9.17, 15) is 0 Å². The lowest BCUT2D eigenvalue weighted by Crippen LogP contribution is -2.03. The van der Waals surface area contributed by atoms with Gasteiger partial charge in [0.2, 0.25) is 0 Å². The van der Waals surface area contributed by atoms with E-state index in [-0.39, 0.29) is 5.92 Å². The quantitative estimate of drug-likeness (QED) is 0.666. The second-order valence-corrected chi connectivity index (χ2v) is 3.83. The molecule has 0 radical (unpaired) electrons. The Kier molecular flexibility index (Phi) is 2.86. The van der Waals surface area contributed by atoms with Crippen molar-refractivity contribution >= 4 is 5.71 Å². The van der Waals surface area contributed by atoms with Crippen LogP contribution in [0.2, 0.25) is 0 Å². The van der Waals surface area contributed by atoms with Crippen LogP contribution in [0.4, 0.5) is 0 Å². The zero-order valence-corrected chi connectivity index (χ0v) is 8.81. The van der Waals surface area contributed by atoms with Crippen molar-refractivity contribution in [3.8, 4) is 0 Å². The van der Waals surface area contributed by atoms with E-state index in [1.54, 1.807) is 0 Å². The predicted molar refractivity (Wildman–Crippen MR) is 57.7 cm³/mol. The number of rotatable bonds is 2. The number of hydrogen-bond donors (Lipinski definition) is 1. The highest BCUT2D eigenvalue weighted by atomic mass is 14.4. The lowest BCUT2D eigenvalue weighted by Gasteiger charge is -2.11. The van der Waals surface area contributed by atoms with Gasteiger partial charge in [-0.15, -0.1) is 0 Å². The van der Waals surface area contributed by atoms with Crippen molar-refractivity contribution in [3.05, 3.63) is 34.9 Å². The Morgan fingerprint density at radius 3 is 2.00 bits per heavy atom. The number of nitrogens with one attached hydrogen (secondary N) is 1. The maximum absolute atomic E-state index is 7.58. The molecule has 70 valence electrons. The lowest BCUT2D eigenvalue weighted by atomic mass is 9.94. The van der Waals surface area contributed by atoms with Crippen LogP contribution in [0.15, 0.2) is 18.2 Å². The standard InChI is InChI=1S/C12H17N/c1-8-5-9(2)7-12(6-8)10(3)11(4)13/h5-7,10,13H,1-4H3. The smallest absolute Gasteiger partial charge is 0.0185 e. The van der Waals surface area contributed by atoms with Gasteiger partial charge < -0.3 is 5.41 Å². The zero-order valence-electron chi connectivity index (χ0n) is 8.81. The summed E-state index contributed by atoms with van der Waals surface area (Å²) in [4.78, 5) is 0. The Hall–Kier alpha value is -1.11. The third kappa shape index (κ3) is 2.41. The van der Waals surface area contributed by atoms with Gasteiger partial charge in [-0.2, -0.15) is 0 Å². The summed E-state index contributed by atoms with van der Waals surface area (Å²) >= 11 is 0. The number of aryl methyl sites for hydroxylation is 2. The third-order valence-corrected chi connectivity index (χ3v) is 2.39. The molecule has 0 aromatic heterocycles. The second kappa shape index (κ2) is 3.73. The van der Waals surface area contributed by atoms with E-state index in [1.807, 2.05) is 6.92 Å². The van der Waals surface area contributed by atoms with Gasteiger partial charge in [0.15, 0.2) is 0 Å². The minimum atomic E-state index is 0.249. The van der Waals surface area contributed by atoms with Crippen LogP contribution in [0.25, 0.3) is 0 Å². The summed E-state index contributed by atoms with van der Waals surface area (Å²) < 4.78 is 0. The molecule has 1 rings (SSSR count). The van der Waals surface area contributed by atoms with E-state index in [4.69, 9.17) is 5.41 Å². The normalized spacial score (nSPS) is 12.6. The molecular weight excluding hydrogens is 158 g/mol. The van der Waals surface area contributed by atoms with Crippen LogP contribution < -0.4 is 0 Å². The molecule has 1 atom stereocenters. The number of hydrogen-bond acceptors (Lipinski definition) is 1. The molecule has 0 bridgehead atoms. The van der Waals surface area contributed by atoms with E-state index in [0.29, 0.717) is 0 Å². The molecule has 0 heterocycles. The van der Waals surface area contributed by atoms with Crippen LogP contribution in [-0.4, -0.2) is 5.71 Å². The first-order chi connectivity index (χ1) is 6.00. The molecular formula is C12H17N. The Bertz CT molecular complexity index is 306. The summed E-state index contributed by atoms with van der Waals surface area (Å²) in [6, 6.07) is 6.49. The molecule has 1 aromatic rings. The number of benzene rings is 1. The fourth-order valence-corrected chi connectivity index (χ4v) is 1.51. The predicted octanol–water partition coefficient (Wildman–Crippen LogP) is 3.45. The minimum Gasteiger partial charge on any atom is -0.309 e. The van der Waals surface area contributed by atoms with Gasteiger partial charge in [-0.05, 0) is 26.3 Å². The van der Waals surface area contributed by atoms with Gasteiger partial charge in [0, 0.05) is 11.6 Å². The van der Waals surface area contributed by atoms with Crippen LogP contribution in [0, 0.1) is 19.3 Å². The summed E-state index contributed by atoms with van der Waals surface area (Å²) in [6.45, 7) is 8.14. The van der Waals surface area contributed by atoms with Crippen LogP contribution in [0.1, 0.15) is 36.5 Å². The highest BCUT2D eigenvalue weighted by Crippen LogP contribution is 2.19. The summed E-state index contributed by atoms with van der Waals surface area (Å²) in [5, 5.41) is 7.58. The van der Waals surface area contributed by atoms with E-state index in [0.717, 1.165) is 5.71 Å². The fourth-order valence-electron chi connectivity index (χ4n) is 1.51. The summed E-state index contributed by atoms with van der Waals surface area (Å²) in [7, 11) is 0. The average Bonchev–Trinajstić information content (AvgIpc) is 2.01. The van der Waals surface area contributed by atoms with Crippen LogP contribution in [0.5, 0.6) is 0 Å². The van der Waals surface area contributed by atoms with Gasteiger partial charge in [0.05, 0.1) is 0 Å². The molecule has 0 amide bonds. The minimum absolute atomic E-state index is 0.249. The fraction of sp³-hybridized carbons (Fsp3) is 0.417. The molecule has 1 unspecified atom stereocenters. The van der Waals surface area contributed by atoms with Crippen LogP contribution >= 0.6 is 0 Å². The summed E-state index contributed by atoms with van der Waals surface area (Å²) in [5.41, 5.74) is 4.54. The average molecular weight is 175 g/mol. The largest absolute Gasteiger partial charge is 0.309 e. The maximum Gasteiger partial charge on any atom is 0.0185 e. The monoisotopic (exact) mass is 175 g/mol. The second-order valence-electron chi connectivity index (χ2n) is 3.83. The Balaban J connectivity index is 3.07. The molecule has 1 N–H and O–H groups in total. The van der Waals surface area contributed by atoms with Gasteiger partial charge in [-0.25, -0.2) is 0 Å². The van der Waals surface area contributed by atoms with E-state index in [1.165, 1.54) is 16.7 Å². The highest BCUT2D eigenvalue weighted by Gasteiger charge is 2.07. The van der Waals surface area contributed by atoms with E-state index in [2.05, 4.69) is 39.0 Å². The topological polar surface area (TPSA) is 23.9 Å². The highest BCUT2D eigenvalue weighted by molar-refractivity contribution is 5.85. The zero-order chi connectivity index (χ0) is 10.0. The van der Waals surface area contributed by atoms with Crippen molar-refractivity contribution in [3.63, 3.8) is 0 Å². The molecule has 0 aliphatic rings. The molecule has 0 saturated heterocycles. The van der Waals surface area contributed by atoms with E-state index < -0.39 is 0 Å². The van der Waals surface area contributed by atoms with E-state index >= 15 is 0 Å². The van der Waals surface area contributed by atoms with Gasteiger partial charge in [-0.1, -0.05) is 36.2 Å². The molecule has 13 heavy (non-hydrogen) atoms. The Morgan fingerprint density at radius 2 is 1.62 bits per heavy atom. The third-order valence-electron chi connectivity index (χ3n) is 2.39. The summed E-state index contributed by atoms with van der Waals surface area (Å²) in [5.74, 6) is 0.249. The molecule has 0 fully saturated rings. The molecule has 0 aliphatic carbocycles. The Morgan fingerprint density at radius 1 is 1.15 bits per heavy atom. The summed E-state index contributed by atoms with van der Waals surface area (Å²) in [6.07, 6.45) is 0. The van der Waals surface area contributed by atoms with Crippen LogP contribution in [0.3, 0.4) is 0 Å². The first-order valence-electron chi connectivity index (χ1n) is 4.64. The molecule has 0 spiro atoms. The van der Waals surface area contributed by atoms with Crippen molar-refractivity contribution in [1.29, 1.82) is 5.41 Å². The maximum atomic E-state index is 7.58. The first kappa shape index (κ1) is 9.97. The van der Waals surface area contributed by atoms with Crippen molar-refractivity contribution in [2.24, 2.45) is 0 Å². The van der Waals surface area contributed by atoms with Gasteiger partial charge >= 0.3 is 0 Å². The van der Waals surface area contributed by atoms with Gasteiger partial charge in [0.1, 0.15) is 0 Å². The molecule has 1 aromatic carbocycles. The van der Waals surface area contributed by atoms with Gasteiger partial charge in [-0.3, -0.25) is 0 Å². The molecule has 1 nitrogen and oxygen atoms in total. The van der Waals surface area contributed by atoms with Crippen molar-refractivity contribution < 1.29 is 0 Å². The first-order valence-corrected chi connectivity index (χ1v) is 4.64. The SMILES string of the molecule is CC(=N)C(C)c1cc(C)cc(C)c1.